The van der Waals surface area contributed by atoms with Gasteiger partial charge in [0.15, 0.2) is 0 Å². The summed E-state index contributed by atoms with van der Waals surface area (Å²) in [5.41, 5.74) is 6.32. The van der Waals surface area contributed by atoms with Crippen molar-refractivity contribution in [3.8, 4) is 0 Å². The minimum Gasteiger partial charge on any atom is -0.330 e. The van der Waals surface area contributed by atoms with E-state index in [9.17, 15) is 0 Å². The maximum absolute atomic E-state index is 5.93. The van der Waals surface area contributed by atoms with Gasteiger partial charge < -0.3 is 5.73 Å². The lowest BCUT2D eigenvalue weighted by molar-refractivity contribution is 0.275. The minimum atomic E-state index is 0.391. The van der Waals surface area contributed by atoms with Crippen LogP contribution in [0.2, 0.25) is 0 Å². The van der Waals surface area contributed by atoms with Gasteiger partial charge in [-0.1, -0.05) is 4.49 Å². The van der Waals surface area contributed by atoms with Gasteiger partial charge in [-0.05, 0) is 61.0 Å². The summed E-state index contributed by atoms with van der Waals surface area (Å²) in [7, 11) is 0. The first kappa shape index (κ1) is 8.80. The number of hydrogen-bond acceptors (Lipinski definition) is 4. The van der Waals surface area contributed by atoms with Gasteiger partial charge in [-0.2, -0.15) is 0 Å². The molecule has 0 saturated heterocycles. The lowest BCUT2D eigenvalue weighted by atomic mass is 9.79. The Morgan fingerprint density at radius 3 is 2.86 bits per heavy atom. The molecule has 2 unspecified atom stereocenters. The number of nitrogens with zero attached hydrogens (tertiary/aromatic N) is 2. The van der Waals surface area contributed by atoms with Crippen LogP contribution in [-0.2, 0) is 6.42 Å². The van der Waals surface area contributed by atoms with Crippen molar-refractivity contribution < 1.29 is 0 Å². The van der Waals surface area contributed by atoms with Gasteiger partial charge >= 0.3 is 0 Å². The van der Waals surface area contributed by atoms with E-state index in [0.717, 1.165) is 24.8 Å². The molecule has 0 amide bonds. The van der Waals surface area contributed by atoms with Crippen LogP contribution in [0.15, 0.2) is 6.20 Å². The molecule has 0 aliphatic heterocycles. The van der Waals surface area contributed by atoms with Crippen molar-refractivity contribution in [1.29, 1.82) is 0 Å². The van der Waals surface area contributed by atoms with E-state index < -0.39 is 0 Å². The molecule has 14 heavy (non-hydrogen) atoms. The molecule has 2 N–H and O–H groups in total. The second kappa shape index (κ2) is 3.00. The summed E-state index contributed by atoms with van der Waals surface area (Å²) in [5, 5.41) is 3.89. The van der Waals surface area contributed by atoms with Crippen LogP contribution in [0, 0.1) is 17.3 Å². The Kier molecular flexibility index (Phi) is 1.89. The van der Waals surface area contributed by atoms with Gasteiger partial charge in [0, 0.05) is 4.88 Å². The Morgan fingerprint density at radius 2 is 2.29 bits per heavy atom. The molecule has 2 saturated carbocycles. The highest BCUT2D eigenvalue weighted by molar-refractivity contribution is 7.05. The smallest absolute Gasteiger partial charge is 0.0653 e. The van der Waals surface area contributed by atoms with Crippen molar-refractivity contribution in [2.45, 2.75) is 25.7 Å². The Morgan fingerprint density at radius 1 is 1.50 bits per heavy atom. The predicted molar refractivity (Wildman–Crippen MR) is 55.9 cm³/mol. The summed E-state index contributed by atoms with van der Waals surface area (Å²) < 4.78 is 3.91. The number of aromatic nitrogens is 2. The van der Waals surface area contributed by atoms with Gasteiger partial charge in [-0.15, -0.1) is 5.10 Å². The van der Waals surface area contributed by atoms with E-state index in [1.54, 1.807) is 0 Å². The Balaban J connectivity index is 1.75. The Labute approximate surface area is 87.9 Å². The van der Waals surface area contributed by atoms with Crippen LogP contribution in [0.5, 0.6) is 0 Å². The fourth-order valence-electron chi connectivity index (χ4n) is 3.02. The standard InChI is InChI=1S/C10H15N3S/c11-6-10(2-7-1-8(7)3-10)4-9-5-12-13-14-9/h5,7-8H,1-4,6,11H2. The zero-order valence-corrected chi connectivity index (χ0v) is 8.96. The molecule has 1 aromatic rings. The van der Waals surface area contributed by atoms with Crippen molar-refractivity contribution in [1.82, 2.24) is 9.59 Å². The zero-order valence-electron chi connectivity index (χ0n) is 8.15. The van der Waals surface area contributed by atoms with E-state index in [-0.39, 0.29) is 0 Å². The topological polar surface area (TPSA) is 51.8 Å². The molecule has 2 fully saturated rings. The fourth-order valence-corrected chi connectivity index (χ4v) is 3.69. The van der Waals surface area contributed by atoms with Gasteiger partial charge in [0.05, 0.1) is 6.20 Å². The predicted octanol–water partition coefficient (Wildman–Crippen LogP) is 1.46. The number of rotatable bonds is 3. The molecule has 0 aromatic carbocycles. The summed E-state index contributed by atoms with van der Waals surface area (Å²) in [6.45, 7) is 0.831. The first-order valence-corrected chi connectivity index (χ1v) is 6.05. The van der Waals surface area contributed by atoms with Crippen LogP contribution in [0.25, 0.3) is 0 Å². The number of hydrogen-bond donors (Lipinski definition) is 1. The van der Waals surface area contributed by atoms with Crippen LogP contribution >= 0.6 is 11.5 Å². The average Bonchev–Trinajstić information content (AvgIpc) is 2.68. The molecule has 1 heterocycles. The third kappa shape index (κ3) is 1.37. The van der Waals surface area contributed by atoms with Crippen LogP contribution in [0.1, 0.15) is 24.1 Å². The van der Waals surface area contributed by atoms with E-state index in [2.05, 4.69) is 9.59 Å². The summed E-state index contributed by atoms with van der Waals surface area (Å²) >= 11 is 1.52. The molecule has 76 valence electrons. The van der Waals surface area contributed by atoms with Gasteiger partial charge in [0.25, 0.3) is 0 Å². The summed E-state index contributed by atoms with van der Waals surface area (Å²) in [6.07, 6.45) is 7.14. The largest absolute Gasteiger partial charge is 0.330 e. The Bertz CT molecular complexity index is 312. The zero-order chi connectivity index (χ0) is 9.60. The lowest BCUT2D eigenvalue weighted by Crippen LogP contribution is -2.31. The van der Waals surface area contributed by atoms with Crippen LogP contribution in [-0.4, -0.2) is 16.1 Å². The molecular weight excluding hydrogens is 194 g/mol. The first-order chi connectivity index (χ1) is 6.81. The molecule has 3 rings (SSSR count). The van der Waals surface area contributed by atoms with Crippen molar-refractivity contribution in [3.05, 3.63) is 11.1 Å². The van der Waals surface area contributed by atoms with Crippen molar-refractivity contribution in [2.75, 3.05) is 6.54 Å². The molecule has 2 atom stereocenters. The number of fused-ring (bicyclic) bond motifs is 1. The normalized spacial score (nSPS) is 39.8. The monoisotopic (exact) mass is 209 g/mol. The second-order valence-corrected chi connectivity index (χ2v) is 5.80. The quantitative estimate of drug-likeness (QED) is 0.820. The average molecular weight is 209 g/mol. The number of nitrogens with two attached hydrogens (primary N) is 1. The molecule has 0 spiro atoms. The first-order valence-electron chi connectivity index (χ1n) is 5.28. The molecule has 0 bridgehead atoms. The molecule has 4 heteroatoms. The summed E-state index contributed by atoms with van der Waals surface area (Å²) in [4.78, 5) is 1.30. The van der Waals surface area contributed by atoms with Crippen molar-refractivity contribution in [2.24, 2.45) is 23.0 Å². The maximum Gasteiger partial charge on any atom is 0.0653 e. The second-order valence-electron chi connectivity index (χ2n) is 4.93. The van der Waals surface area contributed by atoms with Gasteiger partial charge in [0.1, 0.15) is 0 Å². The van der Waals surface area contributed by atoms with Crippen molar-refractivity contribution in [3.63, 3.8) is 0 Å². The van der Waals surface area contributed by atoms with Gasteiger partial charge in [-0.3, -0.25) is 0 Å². The highest BCUT2D eigenvalue weighted by Gasteiger charge is 2.52. The van der Waals surface area contributed by atoms with E-state index >= 15 is 0 Å². The Hall–Kier alpha value is -0.480. The minimum absolute atomic E-state index is 0.391. The maximum atomic E-state index is 5.93. The molecule has 2 aliphatic rings. The van der Waals surface area contributed by atoms with E-state index in [1.807, 2.05) is 6.20 Å². The molecule has 3 nitrogen and oxygen atoms in total. The third-order valence-electron chi connectivity index (χ3n) is 3.85. The SMILES string of the molecule is NCC1(Cc2cnns2)CC2CC2C1. The van der Waals surface area contributed by atoms with E-state index in [4.69, 9.17) is 5.73 Å². The van der Waals surface area contributed by atoms with Gasteiger partial charge in [0.2, 0.25) is 0 Å². The summed E-state index contributed by atoms with van der Waals surface area (Å²) in [6, 6.07) is 0. The van der Waals surface area contributed by atoms with Crippen LogP contribution in [0.3, 0.4) is 0 Å². The van der Waals surface area contributed by atoms with Gasteiger partial charge in [-0.25, -0.2) is 0 Å². The molecule has 1 aromatic heterocycles. The van der Waals surface area contributed by atoms with Crippen molar-refractivity contribution >= 4 is 11.5 Å². The van der Waals surface area contributed by atoms with Crippen LogP contribution < -0.4 is 5.73 Å². The third-order valence-corrected chi connectivity index (χ3v) is 4.51. The molecule has 0 radical (unpaired) electrons. The van der Waals surface area contributed by atoms with Crippen LogP contribution in [0.4, 0.5) is 0 Å². The highest BCUT2D eigenvalue weighted by Crippen LogP contribution is 2.60. The fraction of sp³-hybridized carbons (Fsp3) is 0.800. The molecular formula is C10H15N3S. The van der Waals surface area contributed by atoms with E-state index in [0.29, 0.717) is 5.41 Å². The van der Waals surface area contributed by atoms with E-state index in [1.165, 1.54) is 35.7 Å². The lowest BCUT2D eigenvalue weighted by Gasteiger charge is -2.28. The summed E-state index contributed by atoms with van der Waals surface area (Å²) in [5.74, 6) is 2.00. The molecule has 2 aliphatic carbocycles. The highest BCUT2D eigenvalue weighted by atomic mass is 32.1.